The minimum absolute atomic E-state index is 0. The van der Waals surface area contributed by atoms with Crippen molar-refractivity contribution < 1.29 is 77.2 Å². The van der Waals surface area contributed by atoms with Crippen LogP contribution in [0.5, 0.6) is 0 Å². The molecule has 0 N–H and O–H groups in total. The summed E-state index contributed by atoms with van der Waals surface area (Å²) in [5.41, 5.74) is 2.66. The van der Waals surface area contributed by atoms with Gasteiger partial charge in [0.05, 0.1) is 0 Å². The molecule has 0 bridgehead atoms. The summed E-state index contributed by atoms with van der Waals surface area (Å²) in [4.78, 5) is 0. The van der Waals surface area contributed by atoms with Crippen LogP contribution in [0.2, 0.25) is 0 Å². The second-order valence-electron chi connectivity index (χ2n) is 5.32. The van der Waals surface area contributed by atoms with Crippen LogP contribution in [0.4, 0.5) is 0 Å². The Morgan fingerprint density at radius 2 is 1.00 bits per heavy atom. The first-order valence-corrected chi connectivity index (χ1v) is 6.96. The average Bonchev–Trinajstić information content (AvgIpc) is 3.06. The Bertz CT molecular complexity index is 775. The van der Waals surface area contributed by atoms with Gasteiger partial charge in [-0.25, -0.2) is 0 Å². The van der Waals surface area contributed by atoms with Gasteiger partial charge in [0.1, 0.15) is 0 Å². The fourth-order valence-corrected chi connectivity index (χ4v) is 2.49. The predicted octanol–water partition coefficient (Wildman–Crippen LogP) is -0.263. The van der Waals surface area contributed by atoms with Gasteiger partial charge >= 0.3 is 26.2 Å². The third-order valence-corrected chi connectivity index (χ3v) is 3.59. The number of fused-ring (bicyclic) bond motifs is 2. The first-order chi connectivity index (χ1) is 9.72. The molecule has 0 heterocycles. The molecule has 0 amide bonds. The monoisotopic (exact) mass is 508 g/mol. The van der Waals surface area contributed by atoms with E-state index in [0.29, 0.717) is 0 Å². The number of rotatable bonds is 0. The largest absolute Gasteiger partial charge is 4.00 e. The molecular formula is C20H18Cl2Zr2. The number of benzene rings is 2. The Kier molecular flexibility index (Phi) is 13.5. The number of hydrogen-bond donors (Lipinski definition) is 0. The van der Waals surface area contributed by atoms with Crippen molar-refractivity contribution in [1.29, 1.82) is 0 Å². The van der Waals surface area contributed by atoms with E-state index in [9.17, 15) is 0 Å². The van der Waals surface area contributed by atoms with Gasteiger partial charge in [-0.1, -0.05) is 11.1 Å². The van der Waals surface area contributed by atoms with Crippen LogP contribution < -0.4 is 24.8 Å². The van der Waals surface area contributed by atoms with E-state index < -0.39 is 0 Å². The van der Waals surface area contributed by atoms with E-state index in [4.69, 9.17) is 0 Å². The summed E-state index contributed by atoms with van der Waals surface area (Å²) in [6, 6.07) is 25.7. The summed E-state index contributed by atoms with van der Waals surface area (Å²) in [5, 5.41) is 5.37. The van der Waals surface area contributed by atoms with Crippen molar-refractivity contribution >= 4 is 21.5 Å². The van der Waals surface area contributed by atoms with Crippen molar-refractivity contribution in [2.45, 2.75) is 13.8 Å². The fraction of sp³-hybridized carbons (Fsp3) is 0.100. The zero-order valence-corrected chi connectivity index (χ0v) is 20.1. The average molecular weight is 512 g/mol. The Balaban J connectivity index is 0. The third-order valence-electron chi connectivity index (χ3n) is 3.59. The summed E-state index contributed by atoms with van der Waals surface area (Å²) in [6.45, 7) is 4.24. The Labute approximate surface area is 194 Å². The molecule has 0 saturated heterocycles. The van der Waals surface area contributed by atoms with E-state index in [-0.39, 0.29) is 77.2 Å². The van der Waals surface area contributed by atoms with Crippen molar-refractivity contribution in [3.05, 3.63) is 83.9 Å². The molecule has 0 atom stereocenters. The number of halogens is 2. The molecule has 0 aliphatic rings. The van der Waals surface area contributed by atoms with Gasteiger partial charge in [0.2, 0.25) is 0 Å². The van der Waals surface area contributed by atoms with Crippen LogP contribution in [0, 0.1) is 13.8 Å². The molecule has 0 unspecified atom stereocenters. The summed E-state index contributed by atoms with van der Waals surface area (Å²) in [6.07, 6.45) is 0. The Hall–Kier alpha value is 0.00623. The van der Waals surface area contributed by atoms with E-state index >= 15 is 0 Å². The molecule has 120 valence electrons. The minimum atomic E-state index is 0. The van der Waals surface area contributed by atoms with Gasteiger partial charge in [-0.15, -0.1) is 59.3 Å². The molecule has 0 nitrogen and oxygen atoms in total. The van der Waals surface area contributed by atoms with E-state index in [1.807, 2.05) is 0 Å². The van der Waals surface area contributed by atoms with Crippen LogP contribution in [-0.2, 0) is 52.4 Å². The molecule has 4 rings (SSSR count). The summed E-state index contributed by atoms with van der Waals surface area (Å²) < 4.78 is 0. The summed E-state index contributed by atoms with van der Waals surface area (Å²) in [7, 11) is 0. The van der Waals surface area contributed by atoms with Crippen LogP contribution in [0.25, 0.3) is 21.5 Å². The van der Waals surface area contributed by atoms with Crippen molar-refractivity contribution in [3.63, 3.8) is 0 Å². The molecule has 0 saturated carbocycles. The van der Waals surface area contributed by atoms with Crippen molar-refractivity contribution in [3.8, 4) is 0 Å². The molecular weight excluding hydrogens is 494 g/mol. The molecule has 4 heteroatoms. The van der Waals surface area contributed by atoms with Gasteiger partial charge < -0.3 is 24.8 Å². The SMILES string of the molecule is Cc1ccc2[cH-]ccc2c1.Cc1ccc2[cH-]ccc2c1.[Cl-].[Cl-].[Zr+4].[Zr]. The molecule has 0 aliphatic heterocycles. The molecule has 0 spiro atoms. The Morgan fingerprint density at radius 3 is 1.38 bits per heavy atom. The summed E-state index contributed by atoms with van der Waals surface area (Å²) in [5.74, 6) is 0. The van der Waals surface area contributed by atoms with Crippen molar-refractivity contribution in [1.82, 2.24) is 0 Å². The van der Waals surface area contributed by atoms with Crippen molar-refractivity contribution in [2.75, 3.05) is 0 Å². The molecule has 4 aromatic carbocycles. The molecule has 0 radical (unpaired) electrons. The van der Waals surface area contributed by atoms with Gasteiger partial charge in [-0.2, -0.15) is 35.0 Å². The maximum absolute atomic E-state index is 2.20. The molecule has 24 heavy (non-hydrogen) atoms. The number of aryl methyl sites for hydroxylation is 2. The quantitative estimate of drug-likeness (QED) is 0.286. The van der Waals surface area contributed by atoms with Crippen LogP contribution in [-0.4, -0.2) is 0 Å². The van der Waals surface area contributed by atoms with Gasteiger partial charge in [0.25, 0.3) is 0 Å². The van der Waals surface area contributed by atoms with E-state index in [1.165, 1.54) is 32.7 Å². The minimum Gasteiger partial charge on any atom is -1.00 e. The molecule has 0 aliphatic carbocycles. The number of hydrogen-bond acceptors (Lipinski definition) is 0. The maximum Gasteiger partial charge on any atom is 4.00 e. The standard InChI is InChI=1S/2C10H9.2ClH.2Zr/c2*1-8-5-6-9-3-2-4-10(9)7-8;;;;/h2*2-7H,1H3;2*1H;;/q2*-1;;;;+4/p-2. The van der Waals surface area contributed by atoms with E-state index in [0.717, 1.165) is 0 Å². The smallest absolute Gasteiger partial charge is 1.00 e. The molecule has 0 fully saturated rings. The first-order valence-electron chi connectivity index (χ1n) is 6.96. The van der Waals surface area contributed by atoms with Crippen molar-refractivity contribution in [2.24, 2.45) is 0 Å². The van der Waals surface area contributed by atoms with Gasteiger partial charge in [-0.05, 0) is 13.8 Å². The predicted molar refractivity (Wildman–Crippen MR) is 88.6 cm³/mol. The van der Waals surface area contributed by atoms with Crippen LogP contribution in [0.1, 0.15) is 11.1 Å². The zero-order chi connectivity index (χ0) is 13.9. The van der Waals surface area contributed by atoms with Crippen LogP contribution in [0.3, 0.4) is 0 Å². The van der Waals surface area contributed by atoms with Gasteiger partial charge in [0, 0.05) is 26.2 Å². The summed E-state index contributed by atoms with van der Waals surface area (Å²) >= 11 is 0. The second kappa shape index (κ2) is 12.4. The third kappa shape index (κ3) is 6.72. The molecule has 0 aromatic heterocycles. The topological polar surface area (TPSA) is 0 Å². The second-order valence-corrected chi connectivity index (χ2v) is 5.32. The van der Waals surface area contributed by atoms with Gasteiger partial charge in [0.15, 0.2) is 0 Å². The first kappa shape index (κ1) is 26.2. The van der Waals surface area contributed by atoms with Crippen LogP contribution >= 0.6 is 0 Å². The normalized spacial score (nSPS) is 8.75. The zero-order valence-electron chi connectivity index (χ0n) is 13.7. The maximum atomic E-state index is 2.20. The van der Waals surface area contributed by atoms with E-state index in [1.54, 1.807) is 0 Å². The van der Waals surface area contributed by atoms with Crippen LogP contribution in [0.15, 0.2) is 72.8 Å². The molecule has 4 aromatic rings. The fourth-order valence-electron chi connectivity index (χ4n) is 2.49. The Morgan fingerprint density at radius 1 is 0.625 bits per heavy atom. The van der Waals surface area contributed by atoms with E-state index in [2.05, 4.69) is 86.6 Å². The van der Waals surface area contributed by atoms with Gasteiger partial charge in [-0.3, -0.25) is 0 Å².